The van der Waals surface area contributed by atoms with Crippen LogP contribution in [-0.4, -0.2) is 31.8 Å². The van der Waals surface area contributed by atoms with Gasteiger partial charge in [0, 0.05) is 51.1 Å². The fraction of sp³-hybridized carbons (Fsp3) is 0.562. The molecule has 0 unspecified atom stereocenters. The number of rotatable bonds is 5. The van der Waals surface area contributed by atoms with Crippen molar-refractivity contribution >= 4 is 5.91 Å². The van der Waals surface area contributed by atoms with E-state index in [2.05, 4.69) is 15.4 Å². The number of hydrogen-bond acceptors (Lipinski definition) is 3. The molecule has 3 heterocycles. The van der Waals surface area contributed by atoms with Crippen LogP contribution < -0.4 is 5.32 Å². The quantitative estimate of drug-likeness (QED) is 0.892. The van der Waals surface area contributed by atoms with E-state index in [9.17, 15) is 18.0 Å². The summed E-state index contributed by atoms with van der Waals surface area (Å²) in [6, 6.07) is 1.87. The molecule has 0 saturated carbocycles. The molecule has 0 aromatic carbocycles. The molecule has 0 spiro atoms. The molecule has 1 amide bonds. The zero-order chi connectivity index (χ0) is 18.0. The number of aryl methyl sites for hydroxylation is 3. The molecule has 2 aromatic rings. The van der Waals surface area contributed by atoms with Gasteiger partial charge in [-0.15, -0.1) is 0 Å². The molecular weight excluding hydrogens is 335 g/mol. The van der Waals surface area contributed by atoms with E-state index in [0.29, 0.717) is 38.2 Å². The van der Waals surface area contributed by atoms with Gasteiger partial charge >= 0.3 is 6.18 Å². The molecule has 0 saturated heterocycles. The van der Waals surface area contributed by atoms with E-state index in [0.717, 1.165) is 18.3 Å². The largest absolute Gasteiger partial charge is 0.434 e. The number of alkyl halides is 3. The highest BCUT2D eigenvalue weighted by molar-refractivity contribution is 5.76. The lowest BCUT2D eigenvalue weighted by Gasteiger charge is -2.23. The fourth-order valence-corrected chi connectivity index (χ4v) is 3.05. The summed E-state index contributed by atoms with van der Waals surface area (Å²) >= 11 is 0. The lowest BCUT2D eigenvalue weighted by molar-refractivity contribution is -0.141. The molecule has 1 aliphatic rings. The summed E-state index contributed by atoms with van der Waals surface area (Å²) in [5.74, 6) is 0.517. The molecule has 0 aliphatic carbocycles. The van der Waals surface area contributed by atoms with Gasteiger partial charge in [0.1, 0.15) is 5.82 Å². The Hall–Kier alpha value is -2.32. The number of fused-ring (bicyclic) bond motifs is 1. The van der Waals surface area contributed by atoms with Gasteiger partial charge < -0.3 is 9.88 Å². The van der Waals surface area contributed by atoms with Crippen molar-refractivity contribution < 1.29 is 18.0 Å². The molecule has 0 bridgehead atoms. The number of nitrogens with one attached hydrogen (secondary N) is 1. The summed E-state index contributed by atoms with van der Waals surface area (Å²) in [5.41, 5.74) is 0.138. The first-order valence-electron chi connectivity index (χ1n) is 8.19. The number of imidazole rings is 1. The summed E-state index contributed by atoms with van der Waals surface area (Å²) < 4.78 is 41.4. The highest BCUT2D eigenvalue weighted by atomic mass is 19.4. The van der Waals surface area contributed by atoms with Crippen LogP contribution in [0.15, 0.2) is 18.5 Å². The molecule has 1 aliphatic heterocycles. The standard InChI is InChI=1S/C16H20F3N5O/c1-23-12(6-7-21-23)3-5-15(25)20-8-11-2-4-14-22-13(16(17,18)19)10-24(14)9-11/h6-7,10-11H,2-5,8-9H2,1H3,(H,20,25)/t11-/m0/s1. The summed E-state index contributed by atoms with van der Waals surface area (Å²) in [6.07, 6.45) is 0.509. The van der Waals surface area contributed by atoms with E-state index in [1.54, 1.807) is 15.4 Å². The van der Waals surface area contributed by atoms with E-state index < -0.39 is 11.9 Å². The van der Waals surface area contributed by atoms with Crippen LogP contribution >= 0.6 is 0 Å². The molecule has 3 rings (SSSR count). The SMILES string of the molecule is Cn1nccc1CCC(=O)NC[C@@H]1CCc2nc(C(F)(F)F)cn2C1. The van der Waals surface area contributed by atoms with E-state index in [4.69, 9.17) is 0 Å². The lowest BCUT2D eigenvalue weighted by Crippen LogP contribution is -2.33. The van der Waals surface area contributed by atoms with Gasteiger partial charge in [-0.25, -0.2) is 4.98 Å². The van der Waals surface area contributed by atoms with Crippen LogP contribution in [0.25, 0.3) is 0 Å². The van der Waals surface area contributed by atoms with Crippen molar-refractivity contribution in [2.24, 2.45) is 13.0 Å². The Labute approximate surface area is 143 Å². The Morgan fingerprint density at radius 1 is 1.44 bits per heavy atom. The van der Waals surface area contributed by atoms with E-state index >= 15 is 0 Å². The van der Waals surface area contributed by atoms with Crippen molar-refractivity contribution in [3.8, 4) is 0 Å². The highest BCUT2D eigenvalue weighted by Crippen LogP contribution is 2.30. The predicted octanol–water partition coefficient (Wildman–Crippen LogP) is 1.95. The zero-order valence-corrected chi connectivity index (χ0v) is 13.9. The third-order valence-corrected chi connectivity index (χ3v) is 4.50. The van der Waals surface area contributed by atoms with Gasteiger partial charge in [-0.05, 0) is 24.8 Å². The van der Waals surface area contributed by atoms with Crippen molar-refractivity contribution in [2.45, 2.75) is 38.4 Å². The molecule has 136 valence electrons. The average Bonchev–Trinajstić information content (AvgIpc) is 3.16. The topological polar surface area (TPSA) is 64.7 Å². The summed E-state index contributed by atoms with van der Waals surface area (Å²) in [4.78, 5) is 15.6. The van der Waals surface area contributed by atoms with Crippen LogP contribution in [-0.2, 0) is 37.4 Å². The van der Waals surface area contributed by atoms with Crippen molar-refractivity contribution in [3.05, 3.63) is 35.7 Å². The van der Waals surface area contributed by atoms with Crippen LogP contribution in [0.3, 0.4) is 0 Å². The minimum atomic E-state index is -4.42. The fourth-order valence-electron chi connectivity index (χ4n) is 3.05. The minimum Gasteiger partial charge on any atom is -0.356 e. The smallest absolute Gasteiger partial charge is 0.356 e. The maximum absolute atomic E-state index is 12.7. The maximum atomic E-state index is 12.7. The Morgan fingerprint density at radius 3 is 2.92 bits per heavy atom. The number of hydrogen-bond donors (Lipinski definition) is 1. The summed E-state index contributed by atoms with van der Waals surface area (Å²) in [6.45, 7) is 0.906. The van der Waals surface area contributed by atoms with Crippen LogP contribution in [0.4, 0.5) is 13.2 Å². The van der Waals surface area contributed by atoms with Crippen molar-refractivity contribution in [2.75, 3.05) is 6.54 Å². The van der Waals surface area contributed by atoms with Gasteiger partial charge in [0.25, 0.3) is 0 Å². The lowest BCUT2D eigenvalue weighted by atomic mass is 9.99. The van der Waals surface area contributed by atoms with Crippen LogP contribution in [0.1, 0.15) is 30.1 Å². The Kier molecular flexibility index (Phi) is 4.82. The third-order valence-electron chi connectivity index (χ3n) is 4.50. The Bertz CT molecular complexity index is 749. The van der Waals surface area contributed by atoms with E-state index in [1.165, 1.54) is 0 Å². The highest BCUT2D eigenvalue weighted by Gasteiger charge is 2.35. The molecular formula is C16H20F3N5O. The van der Waals surface area contributed by atoms with E-state index in [1.807, 2.05) is 13.1 Å². The molecule has 1 atom stereocenters. The van der Waals surface area contributed by atoms with Gasteiger partial charge in [0.05, 0.1) is 0 Å². The third kappa shape index (κ3) is 4.21. The van der Waals surface area contributed by atoms with Gasteiger partial charge in [-0.1, -0.05) is 0 Å². The van der Waals surface area contributed by atoms with Gasteiger partial charge in [-0.3, -0.25) is 9.48 Å². The zero-order valence-electron chi connectivity index (χ0n) is 13.9. The van der Waals surface area contributed by atoms with E-state index in [-0.39, 0.29) is 11.8 Å². The molecule has 2 aromatic heterocycles. The second-order valence-corrected chi connectivity index (χ2v) is 6.35. The van der Waals surface area contributed by atoms with Crippen molar-refractivity contribution in [1.29, 1.82) is 0 Å². The van der Waals surface area contributed by atoms with Crippen LogP contribution in [0, 0.1) is 5.92 Å². The molecule has 0 fully saturated rings. The summed E-state index contributed by atoms with van der Waals surface area (Å²) in [7, 11) is 1.83. The number of carbonyl (C=O) groups excluding carboxylic acids is 1. The minimum absolute atomic E-state index is 0.0615. The Balaban J connectivity index is 1.47. The number of halogens is 3. The molecule has 9 heteroatoms. The molecule has 1 N–H and O–H groups in total. The van der Waals surface area contributed by atoms with Gasteiger partial charge in [0.15, 0.2) is 5.69 Å². The van der Waals surface area contributed by atoms with Gasteiger partial charge in [-0.2, -0.15) is 18.3 Å². The number of nitrogens with zero attached hydrogens (tertiary/aromatic N) is 4. The van der Waals surface area contributed by atoms with Crippen molar-refractivity contribution in [3.63, 3.8) is 0 Å². The number of amides is 1. The predicted molar refractivity (Wildman–Crippen MR) is 83.6 cm³/mol. The van der Waals surface area contributed by atoms with Crippen LogP contribution in [0.2, 0.25) is 0 Å². The van der Waals surface area contributed by atoms with Crippen LogP contribution in [0.5, 0.6) is 0 Å². The average molecular weight is 355 g/mol. The first-order valence-corrected chi connectivity index (χ1v) is 8.19. The first kappa shape index (κ1) is 17.5. The number of carbonyl (C=O) groups is 1. The van der Waals surface area contributed by atoms with Crippen molar-refractivity contribution in [1.82, 2.24) is 24.6 Å². The maximum Gasteiger partial charge on any atom is 0.434 e. The first-order chi connectivity index (χ1) is 11.8. The second kappa shape index (κ2) is 6.89. The monoisotopic (exact) mass is 355 g/mol. The molecule has 6 nitrogen and oxygen atoms in total. The van der Waals surface area contributed by atoms with Gasteiger partial charge in [0.2, 0.25) is 5.91 Å². The molecule has 25 heavy (non-hydrogen) atoms. The number of aromatic nitrogens is 4. The molecule has 0 radical (unpaired) electrons. The summed E-state index contributed by atoms with van der Waals surface area (Å²) in [5, 5.41) is 6.93. The normalized spacial score (nSPS) is 17.4. The second-order valence-electron chi connectivity index (χ2n) is 6.35. The Morgan fingerprint density at radius 2 is 2.24 bits per heavy atom.